The molecule has 3 aromatic rings. The normalized spacial score (nSPS) is 22.3. The maximum absolute atomic E-state index is 14.0. The smallest absolute Gasteiger partial charge is 0.308 e. The monoisotopic (exact) mass is 643 g/mol. The van der Waals surface area contributed by atoms with Crippen LogP contribution in [0.4, 0.5) is 5.69 Å². The number of rotatable bonds is 5. The number of amides is 3. The number of carbonyl (C=O) groups excluding carboxylic acids is 3. The quantitative estimate of drug-likeness (QED) is 0.415. The number of methoxy groups -OCH3 is 1. The second kappa shape index (κ2) is 10.7. The topological polar surface area (TPSA) is 109 Å². The second-order valence-corrected chi connectivity index (χ2v) is 13.1. The Kier molecular flexibility index (Phi) is 7.26. The number of thiazole rings is 1. The summed E-state index contributed by atoms with van der Waals surface area (Å²) in [4.78, 5) is 57.7. The average Bonchev–Trinajstić information content (AvgIpc) is 3.40. The van der Waals surface area contributed by atoms with Gasteiger partial charge in [-0.1, -0.05) is 45.1 Å². The molecule has 2 aromatic carbocycles. The van der Waals surface area contributed by atoms with Crippen LogP contribution in [0.15, 0.2) is 56.8 Å². The Balaban J connectivity index is 1.46. The van der Waals surface area contributed by atoms with Gasteiger partial charge < -0.3 is 14.7 Å². The summed E-state index contributed by atoms with van der Waals surface area (Å²) in [6, 6.07) is 11.8. The predicted octanol–water partition coefficient (Wildman–Crippen LogP) is 4.19. The van der Waals surface area contributed by atoms with Crippen molar-refractivity contribution >= 4 is 62.4 Å². The van der Waals surface area contributed by atoms with Gasteiger partial charge in [0, 0.05) is 28.4 Å². The number of thioether (sulfide) groups is 1. The average molecular weight is 645 g/mol. The number of imide groups is 1. The van der Waals surface area contributed by atoms with Crippen LogP contribution in [0.1, 0.15) is 35.6 Å². The Hall–Kier alpha value is -3.09. The highest BCUT2D eigenvalue weighted by molar-refractivity contribution is 9.10. The molecule has 1 aromatic heterocycles. The summed E-state index contributed by atoms with van der Waals surface area (Å²) in [5.74, 6) is -2.11. The first-order valence-electron chi connectivity index (χ1n) is 13.0. The van der Waals surface area contributed by atoms with E-state index in [-0.39, 0.29) is 40.6 Å². The highest BCUT2D eigenvalue weighted by atomic mass is 79.9. The minimum atomic E-state index is -0.793. The molecule has 1 N–H and O–H groups in total. The largest absolute Gasteiger partial charge is 0.504 e. The zero-order chi connectivity index (χ0) is 28.1. The summed E-state index contributed by atoms with van der Waals surface area (Å²) in [5.41, 5.74) is 1.11. The number of likely N-dealkylation sites (tertiary alicyclic amines) is 1. The van der Waals surface area contributed by atoms with Gasteiger partial charge in [-0.05, 0) is 61.2 Å². The standard InChI is InChI=1S/C28H26BrN3O6S2/c1-38-19-13-15(5-10-18(19)33)21-22-23(26(36)32(25(22)35)17-8-6-16(29)7-9-17)39-27-24(21)40-28(37)31(27)14-20(34)30-11-3-2-4-12-30/h5-10,13,21-23,33H,2-4,11-12,14H2,1H3/t21-,22?,23?/m0/s1. The molecule has 2 unspecified atom stereocenters. The number of phenols is 1. The van der Waals surface area contributed by atoms with E-state index >= 15 is 0 Å². The van der Waals surface area contributed by atoms with Crippen LogP contribution in [0.2, 0.25) is 0 Å². The highest BCUT2D eigenvalue weighted by Crippen LogP contribution is 2.54. The molecule has 208 valence electrons. The van der Waals surface area contributed by atoms with Gasteiger partial charge in [-0.25, -0.2) is 4.90 Å². The number of hydrogen-bond acceptors (Lipinski definition) is 8. The predicted molar refractivity (Wildman–Crippen MR) is 155 cm³/mol. The van der Waals surface area contributed by atoms with Crippen molar-refractivity contribution in [3.05, 3.63) is 67.0 Å². The molecule has 9 nitrogen and oxygen atoms in total. The van der Waals surface area contributed by atoms with Gasteiger partial charge >= 0.3 is 4.87 Å². The van der Waals surface area contributed by atoms with Crippen molar-refractivity contribution in [2.45, 2.75) is 42.0 Å². The van der Waals surface area contributed by atoms with Gasteiger partial charge in [0.1, 0.15) is 11.8 Å². The van der Waals surface area contributed by atoms with E-state index < -0.39 is 17.1 Å². The number of carbonyl (C=O) groups is 3. The SMILES string of the molecule is COc1cc([C@@H]2c3sc(=O)n(CC(=O)N4CCCCC4)c3SC3C(=O)N(c4ccc(Br)cc4)C(=O)C32)ccc1O. The van der Waals surface area contributed by atoms with E-state index in [2.05, 4.69) is 15.9 Å². The molecular formula is C28H26BrN3O6S2. The lowest BCUT2D eigenvalue weighted by molar-refractivity contribution is -0.133. The van der Waals surface area contributed by atoms with Gasteiger partial charge in [-0.3, -0.25) is 23.7 Å². The van der Waals surface area contributed by atoms with E-state index in [1.807, 2.05) is 0 Å². The number of fused-ring (bicyclic) bond motifs is 2. The van der Waals surface area contributed by atoms with Crippen LogP contribution in [0, 0.1) is 5.92 Å². The van der Waals surface area contributed by atoms with Crippen LogP contribution in [0.25, 0.3) is 0 Å². The number of hydrogen-bond donors (Lipinski definition) is 1. The first kappa shape index (κ1) is 27.1. The van der Waals surface area contributed by atoms with Crippen molar-refractivity contribution in [3.63, 3.8) is 0 Å². The Morgan fingerprint density at radius 2 is 1.77 bits per heavy atom. The molecule has 2 fully saturated rings. The number of piperidine rings is 1. The molecule has 0 aliphatic carbocycles. The number of ether oxygens (including phenoxy) is 1. The van der Waals surface area contributed by atoms with Gasteiger partial charge in [0.2, 0.25) is 17.7 Å². The first-order valence-corrected chi connectivity index (χ1v) is 15.5. The van der Waals surface area contributed by atoms with Crippen LogP contribution >= 0.6 is 39.0 Å². The zero-order valence-corrected chi connectivity index (χ0v) is 24.8. The maximum atomic E-state index is 14.0. The number of nitrogens with zero attached hydrogens (tertiary/aromatic N) is 3. The molecule has 3 aliphatic heterocycles. The molecule has 12 heteroatoms. The van der Waals surface area contributed by atoms with Crippen LogP contribution in [-0.2, 0) is 20.9 Å². The fraction of sp³-hybridized carbons (Fsp3) is 0.357. The number of benzene rings is 2. The third-order valence-corrected chi connectivity index (χ3v) is 10.8. The molecule has 0 radical (unpaired) electrons. The number of aromatic nitrogens is 1. The summed E-state index contributed by atoms with van der Waals surface area (Å²) in [6.07, 6.45) is 2.96. The van der Waals surface area contributed by atoms with Gasteiger partial charge in [0.15, 0.2) is 11.5 Å². The molecule has 3 amide bonds. The lowest BCUT2D eigenvalue weighted by Crippen LogP contribution is -2.39. The molecule has 6 rings (SSSR count). The third kappa shape index (κ3) is 4.55. The summed E-state index contributed by atoms with van der Waals surface area (Å²) >= 11 is 5.59. The van der Waals surface area contributed by atoms with Crippen molar-refractivity contribution in [2.24, 2.45) is 5.92 Å². The van der Waals surface area contributed by atoms with E-state index in [4.69, 9.17) is 4.74 Å². The van der Waals surface area contributed by atoms with Crippen molar-refractivity contribution in [3.8, 4) is 11.5 Å². The lowest BCUT2D eigenvalue weighted by Gasteiger charge is -2.31. The number of phenolic OH excluding ortho intramolecular Hbond substituents is 1. The van der Waals surface area contributed by atoms with Crippen molar-refractivity contribution < 1.29 is 24.2 Å². The molecular weight excluding hydrogens is 618 g/mol. The summed E-state index contributed by atoms with van der Waals surface area (Å²) in [5, 5.41) is 9.99. The second-order valence-electron chi connectivity index (χ2n) is 10.0. The zero-order valence-electron chi connectivity index (χ0n) is 21.5. The molecule has 0 saturated carbocycles. The number of aromatic hydroxyl groups is 1. The lowest BCUT2D eigenvalue weighted by atomic mass is 9.83. The van der Waals surface area contributed by atoms with Crippen molar-refractivity contribution in [1.29, 1.82) is 0 Å². The number of anilines is 1. The van der Waals surface area contributed by atoms with E-state index in [0.717, 1.165) is 35.1 Å². The fourth-order valence-electron chi connectivity index (χ4n) is 5.73. The van der Waals surface area contributed by atoms with Gasteiger partial charge in [0.25, 0.3) is 0 Å². The molecule has 0 bridgehead atoms. The Labute approximate surface area is 246 Å². The van der Waals surface area contributed by atoms with Gasteiger partial charge in [-0.15, -0.1) is 0 Å². The number of halogens is 1. The Morgan fingerprint density at radius 1 is 1.05 bits per heavy atom. The first-order chi connectivity index (χ1) is 19.3. The fourth-order valence-corrected chi connectivity index (χ4v) is 8.76. The summed E-state index contributed by atoms with van der Waals surface area (Å²) < 4.78 is 7.62. The van der Waals surface area contributed by atoms with Crippen LogP contribution in [0.3, 0.4) is 0 Å². The molecule has 4 heterocycles. The highest BCUT2D eigenvalue weighted by Gasteiger charge is 2.57. The Bertz CT molecular complexity index is 1560. The molecule has 2 saturated heterocycles. The van der Waals surface area contributed by atoms with E-state index in [1.54, 1.807) is 41.3 Å². The van der Waals surface area contributed by atoms with Crippen LogP contribution in [0.5, 0.6) is 11.5 Å². The van der Waals surface area contributed by atoms with Gasteiger partial charge in [0.05, 0.1) is 23.7 Å². The van der Waals surface area contributed by atoms with Crippen LogP contribution in [-0.4, -0.2) is 57.7 Å². The molecule has 3 aliphatic rings. The molecule has 3 atom stereocenters. The minimum Gasteiger partial charge on any atom is -0.504 e. The third-order valence-electron chi connectivity index (χ3n) is 7.70. The molecule has 0 spiro atoms. The van der Waals surface area contributed by atoms with Crippen LogP contribution < -0.4 is 14.5 Å². The van der Waals surface area contributed by atoms with Gasteiger partial charge in [-0.2, -0.15) is 0 Å². The maximum Gasteiger partial charge on any atom is 0.308 e. The van der Waals surface area contributed by atoms with Crippen molar-refractivity contribution in [1.82, 2.24) is 9.47 Å². The summed E-state index contributed by atoms with van der Waals surface area (Å²) in [7, 11) is 1.43. The summed E-state index contributed by atoms with van der Waals surface area (Å²) in [6.45, 7) is 1.23. The van der Waals surface area contributed by atoms with E-state index in [9.17, 15) is 24.3 Å². The van der Waals surface area contributed by atoms with Crippen molar-refractivity contribution in [2.75, 3.05) is 25.1 Å². The van der Waals surface area contributed by atoms with E-state index in [0.29, 0.717) is 34.2 Å². The minimum absolute atomic E-state index is 0.0589. The van der Waals surface area contributed by atoms with E-state index in [1.165, 1.54) is 34.4 Å². The Morgan fingerprint density at radius 3 is 2.48 bits per heavy atom. The molecule has 40 heavy (non-hydrogen) atoms.